The maximum atomic E-state index is 13.1. The van der Waals surface area contributed by atoms with Gasteiger partial charge in [-0.15, -0.1) is 0 Å². The highest BCUT2D eigenvalue weighted by Gasteiger charge is 2.33. The van der Waals surface area contributed by atoms with E-state index in [2.05, 4.69) is 14.7 Å². The van der Waals surface area contributed by atoms with Crippen LogP contribution in [0.15, 0.2) is 59.8 Å². The van der Waals surface area contributed by atoms with Crippen LogP contribution in [0.2, 0.25) is 0 Å². The van der Waals surface area contributed by atoms with Gasteiger partial charge < -0.3 is 9.47 Å². The van der Waals surface area contributed by atoms with Gasteiger partial charge in [0.2, 0.25) is 5.95 Å². The number of ether oxygens (including phenoxy) is 2. The van der Waals surface area contributed by atoms with Crippen LogP contribution in [0.5, 0.6) is 11.5 Å². The molecule has 3 aromatic rings. The Morgan fingerprint density at radius 3 is 2.50 bits per heavy atom. The van der Waals surface area contributed by atoms with Gasteiger partial charge in [0.05, 0.1) is 24.2 Å². The molecule has 0 aliphatic carbocycles. The van der Waals surface area contributed by atoms with Crippen LogP contribution in [-0.2, 0) is 16.2 Å². The van der Waals surface area contributed by atoms with Gasteiger partial charge in [0.25, 0.3) is 10.0 Å². The standard InChI is InChI=1S/C21H18F3N3O4S/c1-30-18-11-13(21(22,23)24)3-5-16(18)15-7-10-31-19-12-14(4-6-17(15)19)32(28,29)27-20-25-8-2-9-26-20/h2-6,8-9,11-12,15H,7,10H2,1H3,(H,25,26,27)/t15-/m1/s1. The first-order chi connectivity index (χ1) is 15.2. The molecule has 7 nitrogen and oxygen atoms in total. The number of nitrogens with one attached hydrogen (secondary N) is 1. The van der Waals surface area contributed by atoms with Crippen LogP contribution in [-0.4, -0.2) is 32.1 Å². The Bertz CT molecular complexity index is 1230. The molecule has 0 spiro atoms. The minimum absolute atomic E-state index is 0.0521. The lowest BCUT2D eigenvalue weighted by atomic mass is 9.85. The van der Waals surface area contributed by atoms with E-state index in [-0.39, 0.29) is 29.1 Å². The molecule has 2 aromatic carbocycles. The highest BCUT2D eigenvalue weighted by atomic mass is 32.2. The van der Waals surface area contributed by atoms with Crippen molar-refractivity contribution < 1.29 is 31.1 Å². The van der Waals surface area contributed by atoms with E-state index in [9.17, 15) is 21.6 Å². The molecule has 4 rings (SSSR count). The van der Waals surface area contributed by atoms with Crippen molar-refractivity contribution in [1.29, 1.82) is 0 Å². The summed E-state index contributed by atoms with van der Waals surface area (Å²) in [5, 5.41) is 0. The summed E-state index contributed by atoms with van der Waals surface area (Å²) in [5.41, 5.74) is 0.418. The van der Waals surface area contributed by atoms with Gasteiger partial charge in [-0.1, -0.05) is 12.1 Å². The predicted octanol–water partition coefficient (Wildman–Crippen LogP) is 4.22. The number of rotatable bonds is 5. The minimum atomic E-state index is -4.49. The van der Waals surface area contributed by atoms with Crippen molar-refractivity contribution in [3.63, 3.8) is 0 Å². The molecule has 0 bridgehead atoms. The average molecular weight is 465 g/mol. The van der Waals surface area contributed by atoms with Gasteiger partial charge in [0.15, 0.2) is 0 Å². The van der Waals surface area contributed by atoms with Crippen LogP contribution in [0, 0.1) is 0 Å². The predicted molar refractivity (Wildman–Crippen MR) is 109 cm³/mol. The van der Waals surface area contributed by atoms with Gasteiger partial charge in [0, 0.05) is 35.5 Å². The van der Waals surface area contributed by atoms with E-state index in [0.29, 0.717) is 23.3 Å². The first-order valence-corrected chi connectivity index (χ1v) is 11.0. The number of nitrogens with zero attached hydrogens (tertiary/aromatic N) is 2. The maximum absolute atomic E-state index is 13.1. The topological polar surface area (TPSA) is 90.4 Å². The first kappa shape index (κ1) is 21.9. The van der Waals surface area contributed by atoms with Crippen molar-refractivity contribution in [3.05, 3.63) is 71.5 Å². The zero-order chi connectivity index (χ0) is 22.9. The molecule has 1 aliphatic rings. The van der Waals surface area contributed by atoms with E-state index in [1.165, 1.54) is 37.7 Å². The second kappa shape index (κ2) is 8.30. The summed E-state index contributed by atoms with van der Waals surface area (Å²) >= 11 is 0. The number of fused-ring (bicyclic) bond motifs is 1. The van der Waals surface area contributed by atoms with Crippen LogP contribution in [0.1, 0.15) is 29.0 Å². The summed E-state index contributed by atoms with van der Waals surface area (Å²) in [6.45, 7) is 0.264. The SMILES string of the molecule is COc1cc(C(F)(F)F)ccc1[C@H]1CCOc2cc(S(=O)(=O)Nc3ncccn3)ccc21. The van der Waals surface area contributed by atoms with E-state index in [1.54, 1.807) is 12.1 Å². The van der Waals surface area contributed by atoms with Crippen molar-refractivity contribution in [2.75, 3.05) is 18.4 Å². The third kappa shape index (κ3) is 4.33. The molecule has 0 radical (unpaired) electrons. The minimum Gasteiger partial charge on any atom is -0.496 e. The number of aromatic nitrogens is 2. The number of sulfonamides is 1. The summed E-state index contributed by atoms with van der Waals surface area (Å²) in [5.74, 6) is 0.0500. The second-order valence-corrected chi connectivity index (χ2v) is 8.70. The van der Waals surface area contributed by atoms with Crippen molar-refractivity contribution in [2.45, 2.75) is 23.4 Å². The molecule has 1 aromatic heterocycles. The molecule has 0 saturated carbocycles. The Balaban J connectivity index is 1.69. The molecule has 0 unspecified atom stereocenters. The number of hydrogen-bond donors (Lipinski definition) is 1. The van der Waals surface area contributed by atoms with Gasteiger partial charge in [-0.05, 0) is 30.7 Å². The lowest BCUT2D eigenvalue weighted by Crippen LogP contribution is -2.19. The number of halogens is 3. The van der Waals surface area contributed by atoms with Crippen LogP contribution >= 0.6 is 0 Å². The fourth-order valence-electron chi connectivity index (χ4n) is 3.57. The second-order valence-electron chi connectivity index (χ2n) is 7.02. The largest absolute Gasteiger partial charge is 0.496 e. The molecule has 0 saturated heterocycles. The molecular formula is C21H18F3N3O4S. The van der Waals surface area contributed by atoms with Crippen molar-refractivity contribution in [1.82, 2.24) is 9.97 Å². The number of anilines is 1. The van der Waals surface area contributed by atoms with Crippen molar-refractivity contribution in [2.24, 2.45) is 0 Å². The van der Waals surface area contributed by atoms with Crippen LogP contribution < -0.4 is 14.2 Å². The number of methoxy groups -OCH3 is 1. The Kier molecular flexibility index (Phi) is 5.68. The van der Waals surface area contributed by atoms with Crippen molar-refractivity contribution in [3.8, 4) is 11.5 Å². The van der Waals surface area contributed by atoms with Crippen LogP contribution in [0.4, 0.5) is 19.1 Å². The van der Waals surface area contributed by atoms with E-state index in [0.717, 1.165) is 12.1 Å². The Morgan fingerprint density at radius 1 is 1.09 bits per heavy atom. The fourth-order valence-corrected chi connectivity index (χ4v) is 4.54. The fraction of sp³-hybridized carbons (Fsp3) is 0.238. The number of hydrogen-bond acceptors (Lipinski definition) is 6. The molecule has 0 fully saturated rings. The lowest BCUT2D eigenvalue weighted by Gasteiger charge is -2.28. The molecule has 1 N–H and O–H groups in total. The number of alkyl halides is 3. The molecule has 1 atom stereocenters. The van der Waals surface area contributed by atoms with E-state index in [1.807, 2.05) is 0 Å². The highest BCUT2D eigenvalue weighted by molar-refractivity contribution is 7.92. The molecule has 168 valence electrons. The Morgan fingerprint density at radius 2 is 1.81 bits per heavy atom. The quantitative estimate of drug-likeness (QED) is 0.607. The molecular weight excluding hydrogens is 447 g/mol. The van der Waals surface area contributed by atoms with Gasteiger partial charge in [-0.2, -0.15) is 13.2 Å². The smallest absolute Gasteiger partial charge is 0.416 e. The van der Waals surface area contributed by atoms with Crippen molar-refractivity contribution >= 4 is 16.0 Å². The molecule has 1 aliphatic heterocycles. The highest BCUT2D eigenvalue weighted by Crippen LogP contribution is 2.44. The third-order valence-electron chi connectivity index (χ3n) is 5.06. The summed E-state index contributed by atoms with van der Waals surface area (Å²) in [6, 6.07) is 9.30. The van der Waals surface area contributed by atoms with Gasteiger partial charge >= 0.3 is 6.18 Å². The monoisotopic (exact) mass is 465 g/mol. The maximum Gasteiger partial charge on any atom is 0.416 e. The van der Waals surface area contributed by atoms with Crippen LogP contribution in [0.3, 0.4) is 0 Å². The summed E-state index contributed by atoms with van der Waals surface area (Å²) < 4.78 is 77.8. The first-order valence-electron chi connectivity index (χ1n) is 9.51. The zero-order valence-corrected chi connectivity index (χ0v) is 17.6. The molecule has 0 amide bonds. The summed E-state index contributed by atoms with van der Waals surface area (Å²) in [4.78, 5) is 7.64. The Hall–Kier alpha value is -3.34. The normalized spacial score (nSPS) is 16.1. The van der Waals surface area contributed by atoms with E-state index < -0.39 is 21.8 Å². The average Bonchev–Trinajstić information content (AvgIpc) is 2.77. The lowest BCUT2D eigenvalue weighted by molar-refractivity contribution is -0.137. The third-order valence-corrected chi connectivity index (χ3v) is 6.39. The summed E-state index contributed by atoms with van der Waals surface area (Å²) in [7, 11) is -2.66. The number of benzene rings is 2. The summed E-state index contributed by atoms with van der Waals surface area (Å²) in [6.07, 6.45) is -1.18. The van der Waals surface area contributed by atoms with E-state index >= 15 is 0 Å². The molecule has 11 heteroatoms. The van der Waals surface area contributed by atoms with Gasteiger partial charge in [-0.25, -0.2) is 23.1 Å². The van der Waals surface area contributed by atoms with Gasteiger partial charge in [0.1, 0.15) is 11.5 Å². The van der Waals surface area contributed by atoms with E-state index in [4.69, 9.17) is 9.47 Å². The van der Waals surface area contributed by atoms with Crippen LogP contribution in [0.25, 0.3) is 0 Å². The van der Waals surface area contributed by atoms with Gasteiger partial charge in [-0.3, -0.25) is 0 Å². The Labute approximate surface area is 182 Å². The molecule has 2 heterocycles. The zero-order valence-electron chi connectivity index (χ0n) is 16.8. The molecule has 32 heavy (non-hydrogen) atoms.